The van der Waals surface area contributed by atoms with Gasteiger partial charge in [-0.2, -0.15) is 0 Å². The van der Waals surface area contributed by atoms with Crippen LogP contribution < -0.4 is 0 Å². The highest BCUT2D eigenvalue weighted by Gasteiger charge is 2.31. The van der Waals surface area contributed by atoms with E-state index in [0.29, 0.717) is 25.1 Å². The van der Waals surface area contributed by atoms with Crippen LogP contribution in [0.25, 0.3) is 0 Å². The lowest BCUT2D eigenvalue weighted by Crippen LogP contribution is -2.26. The van der Waals surface area contributed by atoms with E-state index in [1.165, 1.54) is 6.07 Å². The molecule has 0 spiro atoms. The summed E-state index contributed by atoms with van der Waals surface area (Å²) in [5.41, 5.74) is 0.638. The highest BCUT2D eigenvalue weighted by atomic mass is 19.1. The van der Waals surface area contributed by atoms with Crippen molar-refractivity contribution in [1.29, 1.82) is 0 Å². The molecule has 1 aromatic rings. The normalized spacial score (nSPS) is 22.6. The fraction of sp³-hybridized carbons (Fsp3) is 0.462. The summed E-state index contributed by atoms with van der Waals surface area (Å²) in [7, 11) is 0. The van der Waals surface area contributed by atoms with E-state index in [0.717, 1.165) is 0 Å². The van der Waals surface area contributed by atoms with Crippen molar-refractivity contribution < 1.29 is 14.3 Å². The SMILES string of the molecule is C[C@H](c1ccccc1F)N1CC[C@H](C(=O)O)C1. The first kappa shape index (κ1) is 12.0. The summed E-state index contributed by atoms with van der Waals surface area (Å²) >= 11 is 0. The highest BCUT2D eigenvalue weighted by molar-refractivity contribution is 5.70. The van der Waals surface area contributed by atoms with Crippen LogP contribution in [-0.2, 0) is 4.79 Å². The molecule has 17 heavy (non-hydrogen) atoms. The third-order valence-corrected chi connectivity index (χ3v) is 3.47. The molecule has 4 heteroatoms. The molecule has 0 bridgehead atoms. The summed E-state index contributed by atoms with van der Waals surface area (Å²) in [6, 6.07) is 6.60. The number of carbonyl (C=O) groups is 1. The third kappa shape index (κ3) is 2.47. The molecule has 1 aliphatic heterocycles. The Hall–Kier alpha value is -1.42. The van der Waals surface area contributed by atoms with Crippen LogP contribution in [0.15, 0.2) is 24.3 Å². The summed E-state index contributed by atoms with van der Waals surface area (Å²) < 4.78 is 13.6. The van der Waals surface area contributed by atoms with Gasteiger partial charge in [-0.05, 0) is 26.0 Å². The third-order valence-electron chi connectivity index (χ3n) is 3.47. The van der Waals surface area contributed by atoms with Gasteiger partial charge in [0.1, 0.15) is 5.82 Å². The molecule has 0 aromatic heterocycles. The van der Waals surface area contributed by atoms with E-state index in [4.69, 9.17) is 5.11 Å². The number of aliphatic carboxylic acids is 1. The first-order chi connectivity index (χ1) is 8.09. The van der Waals surface area contributed by atoms with E-state index in [9.17, 15) is 9.18 Å². The number of benzene rings is 1. The number of hydrogen-bond donors (Lipinski definition) is 1. The Morgan fingerprint density at radius 1 is 1.53 bits per heavy atom. The van der Waals surface area contributed by atoms with E-state index in [2.05, 4.69) is 0 Å². The van der Waals surface area contributed by atoms with Crippen LogP contribution in [0.4, 0.5) is 4.39 Å². The number of rotatable bonds is 3. The van der Waals surface area contributed by atoms with Crippen LogP contribution in [0.5, 0.6) is 0 Å². The second-order valence-electron chi connectivity index (χ2n) is 4.52. The molecule has 0 amide bonds. The number of hydrogen-bond acceptors (Lipinski definition) is 2. The van der Waals surface area contributed by atoms with Gasteiger partial charge in [-0.3, -0.25) is 9.69 Å². The summed E-state index contributed by atoms with van der Waals surface area (Å²) in [5.74, 6) is -1.30. The van der Waals surface area contributed by atoms with Gasteiger partial charge in [0.25, 0.3) is 0 Å². The molecule has 1 N–H and O–H groups in total. The van der Waals surface area contributed by atoms with Crippen molar-refractivity contribution in [3.05, 3.63) is 35.6 Å². The second kappa shape index (κ2) is 4.84. The van der Waals surface area contributed by atoms with Crippen LogP contribution in [-0.4, -0.2) is 29.1 Å². The van der Waals surface area contributed by atoms with Gasteiger partial charge in [0, 0.05) is 18.2 Å². The van der Waals surface area contributed by atoms with Gasteiger partial charge in [0.05, 0.1) is 5.92 Å². The topological polar surface area (TPSA) is 40.5 Å². The molecule has 0 unspecified atom stereocenters. The predicted molar refractivity (Wildman–Crippen MR) is 62.1 cm³/mol. The lowest BCUT2D eigenvalue weighted by molar-refractivity contribution is -0.141. The van der Waals surface area contributed by atoms with Crippen molar-refractivity contribution in [2.75, 3.05) is 13.1 Å². The number of nitrogens with zero attached hydrogens (tertiary/aromatic N) is 1. The van der Waals surface area contributed by atoms with Crippen molar-refractivity contribution in [1.82, 2.24) is 4.90 Å². The summed E-state index contributed by atoms with van der Waals surface area (Å²) in [6.07, 6.45) is 0.647. The Kier molecular flexibility index (Phi) is 3.43. The number of halogens is 1. The lowest BCUT2D eigenvalue weighted by Gasteiger charge is -2.24. The summed E-state index contributed by atoms with van der Waals surface area (Å²) in [6.45, 7) is 3.14. The first-order valence-electron chi connectivity index (χ1n) is 5.81. The number of likely N-dealkylation sites (tertiary alicyclic amines) is 1. The average Bonchev–Trinajstić information content (AvgIpc) is 2.78. The van der Waals surface area contributed by atoms with Crippen LogP contribution in [0.3, 0.4) is 0 Å². The van der Waals surface area contributed by atoms with Crippen molar-refractivity contribution in [3.8, 4) is 0 Å². The minimum atomic E-state index is -0.756. The van der Waals surface area contributed by atoms with Gasteiger partial charge in [0.15, 0.2) is 0 Å². The van der Waals surface area contributed by atoms with Gasteiger partial charge >= 0.3 is 5.97 Å². The predicted octanol–water partition coefficient (Wildman–Crippen LogP) is 2.29. The zero-order valence-electron chi connectivity index (χ0n) is 9.77. The fourth-order valence-electron chi connectivity index (χ4n) is 2.35. The molecular weight excluding hydrogens is 221 g/mol. The maximum absolute atomic E-state index is 13.6. The minimum Gasteiger partial charge on any atom is -0.481 e. The molecular formula is C13H16FNO2. The van der Waals surface area contributed by atoms with E-state index < -0.39 is 5.97 Å². The molecule has 2 rings (SSSR count). The molecule has 1 aromatic carbocycles. The Balaban J connectivity index is 2.09. The Morgan fingerprint density at radius 3 is 2.82 bits per heavy atom. The Bertz CT molecular complexity index is 422. The minimum absolute atomic E-state index is 0.0689. The Morgan fingerprint density at radius 2 is 2.24 bits per heavy atom. The Labute approximate surface area is 99.9 Å². The van der Waals surface area contributed by atoms with Gasteiger partial charge in [-0.1, -0.05) is 18.2 Å². The molecule has 0 aliphatic carbocycles. The van der Waals surface area contributed by atoms with Crippen LogP contribution in [0, 0.1) is 11.7 Å². The number of carboxylic acids is 1. The standard InChI is InChI=1S/C13H16FNO2/c1-9(11-4-2-3-5-12(11)14)15-7-6-10(8-15)13(16)17/h2-5,9-10H,6-8H2,1H3,(H,16,17)/t9-,10+/m1/s1. The van der Waals surface area contributed by atoms with Gasteiger partial charge in [-0.25, -0.2) is 4.39 Å². The maximum atomic E-state index is 13.6. The zero-order valence-corrected chi connectivity index (χ0v) is 9.77. The van der Waals surface area contributed by atoms with Crippen molar-refractivity contribution in [3.63, 3.8) is 0 Å². The molecule has 1 fully saturated rings. The molecule has 92 valence electrons. The van der Waals surface area contributed by atoms with E-state index in [-0.39, 0.29) is 17.8 Å². The van der Waals surface area contributed by atoms with Gasteiger partial charge < -0.3 is 5.11 Å². The molecule has 2 atom stereocenters. The van der Waals surface area contributed by atoms with Crippen molar-refractivity contribution in [2.45, 2.75) is 19.4 Å². The molecule has 0 radical (unpaired) electrons. The largest absolute Gasteiger partial charge is 0.481 e. The van der Waals surface area contributed by atoms with E-state index in [1.807, 2.05) is 11.8 Å². The number of carboxylic acid groups (broad SMARTS) is 1. The maximum Gasteiger partial charge on any atom is 0.307 e. The quantitative estimate of drug-likeness (QED) is 0.876. The molecule has 0 saturated carbocycles. The smallest absolute Gasteiger partial charge is 0.307 e. The van der Waals surface area contributed by atoms with E-state index >= 15 is 0 Å². The van der Waals surface area contributed by atoms with Crippen LogP contribution >= 0.6 is 0 Å². The molecule has 1 aliphatic rings. The highest BCUT2D eigenvalue weighted by Crippen LogP contribution is 2.28. The van der Waals surface area contributed by atoms with Crippen LogP contribution in [0.1, 0.15) is 24.9 Å². The fourth-order valence-corrected chi connectivity index (χ4v) is 2.35. The monoisotopic (exact) mass is 237 g/mol. The lowest BCUT2D eigenvalue weighted by atomic mass is 10.1. The van der Waals surface area contributed by atoms with Crippen molar-refractivity contribution in [2.24, 2.45) is 5.92 Å². The molecule has 1 saturated heterocycles. The van der Waals surface area contributed by atoms with Gasteiger partial charge in [0.2, 0.25) is 0 Å². The van der Waals surface area contributed by atoms with Crippen molar-refractivity contribution >= 4 is 5.97 Å². The summed E-state index contributed by atoms with van der Waals surface area (Å²) in [5, 5.41) is 8.94. The van der Waals surface area contributed by atoms with Crippen LogP contribution in [0.2, 0.25) is 0 Å². The molecule has 3 nitrogen and oxygen atoms in total. The second-order valence-corrected chi connectivity index (χ2v) is 4.52. The first-order valence-corrected chi connectivity index (χ1v) is 5.81. The van der Waals surface area contributed by atoms with E-state index in [1.54, 1.807) is 18.2 Å². The van der Waals surface area contributed by atoms with Gasteiger partial charge in [-0.15, -0.1) is 0 Å². The molecule has 1 heterocycles. The summed E-state index contributed by atoms with van der Waals surface area (Å²) in [4.78, 5) is 12.9. The zero-order chi connectivity index (χ0) is 12.4. The average molecular weight is 237 g/mol.